The first-order valence-corrected chi connectivity index (χ1v) is 18.5. The van der Waals surface area contributed by atoms with Crippen LogP contribution < -0.4 is 0 Å². The molecule has 2 aliphatic heterocycles. The van der Waals surface area contributed by atoms with E-state index in [1.807, 2.05) is 113 Å². The van der Waals surface area contributed by atoms with Crippen molar-refractivity contribution in [2.45, 2.75) is 24.9 Å². The number of hydrogen-bond donors (Lipinski definition) is 0. The van der Waals surface area contributed by atoms with E-state index < -0.39 is 0 Å². The molecule has 0 fully saturated rings. The lowest BCUT2D eigenvalue weighted by atomic mass is 9.82. The Labute approximate surface area is 313 Å². The molecule has 54 heavy (non-hydrogen) atoms. The van der Waals surface area contributed by atoms with Crippen molar-refractivity contribution in [3.05, 3.63) is 143 Å². The molecule has 268 valence electrons. The van der Waals surface area contributed by atoms with E-state index in [-0.39, 0.29) is 48.8 Å². The Balaban J connectivity index is 1.12. The standard InChI is InChI=1S/C46H40N4O4/c1-47(2)29(23-27-11-7-5-8-12-27)25-49-43(51)35-19-15-31-33-17-21-37-42-38(22-18-34(40(33)42)32-16-20-36(44(49)52)41(35)39(31)32)46(54)50(45(37)53)26-30(48(3)4)24-28-13-9-6-10-14-28/h5-22,29-30H,23-26H2,1-4H3/t29-,30-/m1/s1. The average Bonchev–Trinajstić information content (AvgIpc) is 3.18. The lowest BCUT2D eigenvalue weighted by molar-refractivity contribution is 0.0553. The lowest BCUT2D eigenvalue weighted by Gasteiger charge is -2.34. The molecule has 2 heterocycles. The predicted octanol–water partition coefficient (Wildman–Crippen LogP) is 7.28. The fourth-order valence-electron chi connectivity index (χ4n) is 8.71. The van der Waals surface area contributed by atoms with Gasteiger partial charge >= 0.3 is 0 Å². The van der Waals surface area contributed by atoms with Crippen molar-refractivity contribution < 1.29 is 19.2 Å². The molecule has 9 rings (SSSR count). The molecule has 8 nitrogen and oxygen atoms in total. The molecule has 0 N–H and O–H groups in total. The molecule has 0 unspecified atom stereocenters. The number of fused-ring (bicyclic) bond motifs is 2. The topological polar surface area (TPSA) is 81.2 Å². The van der Waals surface area contributed by atoms with Crippen LogP contribution in [0.5, 0.6) is 0 Å². The van der Waals surface area contributed by atoms with Gasteiger partial charge in [0.1, 0.15) is 0 Å². The second kappa shape index (κ2) is 12.9. The van der Waals surface area contributed by atoms with Gasteiger partial charge in [-0.15, -0.1) is 0 Å². The van der Waals surface area contributed by atoms with Gasteiger partial charge in [0, 0.05) is 58.2 Å². The smallest absolute Gasteiger partial charge is 0.261 e. The minimum atomic E-state index is -0.299. The van der Waals surface area contributed by atoms with Crippen LogP contribution in [0.15, 0.2) is 109 Å². The highest BCUT2D eigenvalue weighted by Crippen LogP contribution is 2.46. The quantitative estimate of drug-likeness (QED) is 0.0843. The average molecular weight is 713 g/mol. The Morgan fingerprint density at radius 1 is 0.407 bits per heavy atom. The molecule has 0 radical (unpaired) electrons. The molecule has 8 heteroatoms. The maximum absolute atomic E-state index is 14.3. The molecule has 2 atom stereocenters. The molecular formula is C46H40N4O4. The summed E-state index contributed by atoms with van der Waals surface area (Å²) in [5.41, 5.74) is 4.30. The maximum Gasteiger partial charge on any atom is 0.261 e. The summed E-state index contributed by atoms with van der Waals surface area (Å²) < 4.78 is 0. The van der Waals surface area contributed by atoms with E-state index in [1.54, 1.807) is 0 Å². The highest BCUT2D eigenvalue weighted by Gasteiger charge is 2.38. The van der Waals surface area contributed by atoms with Crippen molar-refractivity contribution in [1.29, 1.82) is 0 Å². The summed E-state index contributed by atoms with van der Waals surface area (Å²) in [4.78, 5) is 63.9. The first-order chi connectivity index (χ1) is 26.1. The van der Waals surface area contributed by atoms with E-state index in [1.165, 1.54) is 9.80 Å². The zero-order valence-electron chi connectivity index (χ0n) is 30.8. The van der Waals surface area contributed by atoms with Crippen LogP contribution >= 0.6 is 0 Å². The van der Waals surface area contributed by atoms with Gasteiger partial charge < -0.3 is 9.80 Å². The Morgan fingerprint density at radius 2 is 0.704 bits per heavy atom. The number of carbonyl (C=O) groups excluding carboxylic acids is 4. The monoisotopic (exact) mass is 712 g/mol. The van der Waals surface area contributed by atoms with Crippen LogP contribution in [-0.4, -0.2) is 96.6 Å². The highest BCUT2D eigenvalue weighted by molar-refractivity contribution is 6.41. The Hall–Kier alpha value is -5.96. The van der Waals surface area contributed by atoms with E-state index >= 15 is 0 Å². The third-order valence-electron chi connectivity index (χ3n) is 11.7. The van der Waals surface area contributed by atoms with Gasteiger partial charge in [0.25, 0.3) is 23.6 Å². The molecule has 0 spiro atoms. The number of rotatable bonds is 10. The van der Waals surface area contributed by atoms with Gasteiger partial charge in [-0.25, -0.2) is 0 Å². The van der Waals surface area contributed by atoms with Crippen LogP contribution in [-0.2, 0) is 12.8 Å². The fourth-order valence-corrected chi connectivity index (χ4v) is 8.71. The van der Waals surface area contributed by atoms with Gasteiger partial charge in [0.2, 0.25) is 0 Å². The van der Waals surface area contributed by atoms with E-state index in [9.17, 15) is 19.2 Å². The largest absolute Gasteiger partial charge is 0.304 e. The van der Waals surface area contributed by atoms with Crippen molar-refractivity contribution in [3.8, 4) is 0 Å². The summed E-state index contributed by atoms with van der Waals surface area (Å²) in [6, 6.07) is 35.3. The molecule has 4 amide bonds. The Kier molecular flexibility index (Phi) is 8.06. The van der Waals surface area contributed by atoms with E-state index in [4.69, 9.17) is 0 Å². The van der Waals surface area contributed by atoms with Crippen LogP contribution in [0, 0.1) is 0 Å². The van der Waals surface area contributed by atoms with E-state index in [0.29, 0.717) is 45.9 Å². The Bertz CT molecular complexity index is 2360. The van der Waals surface area contributed by atoms with E-state index in [0.717, 1.165) is 43.4 Å². The molecule has 0 aromatic heterocycles. The summed E-state index contributed by atoms with van der Waals surface area (Å²) in [5, 5.41) is 6.53. The summed E-state index contributed by atoms with van der Waals surface area (Å²) in [6.07, 6.45) is 1.39. The predicted molar refractivity (Wildman–Crippen MR) is 214 cm³/mol. The molecule has 0 saturated heterocycles. The summed E-state index contributed by atoms with van der Waals surface area (Å²) in [7, 11) is 7.91. The van der Waals surface area contributed by atoms with Crippen molar-refractivity contribution in [2.75, 3.05) is 41.3 Å². The number of benzene rings is 7. The molecule has 0 saturated carbocycles. The second-order valence-corrected chi connectivity index (χ2v) is 15.2. The number of hydrogen-bond acceptors (Lipinski definition) is 6. The Morgan fingerprint density at radius 3 is 0.981 bits per heavy atom. The van der Waals surface area contributed by atoms with Crippen LogP contribution in [0.4, 0.5) is 0 Å². The molecular weight excluding hydrogens is 673 g/mol. The lowest BCUT2D eigenvalue weighted by Crippen LogP contribution is -2.48. The number of imide groups is 2. The van der Waals surface area contributed by atoms with Crippen LogP contribution in [0.3, 0.4) is 0 Å². The van der Waals surface area contributed by atoms with Crippen molar-refractivity contribution in [3.63, 3.8) is 0 Å². The zero-order chi connectivity index (χ0) is 37.4. The maximum atomic E-state index is 14.3. The molecule has 2 aliphatic rings. The third-order valence-corrected chi connectivity index (χ3v) is 11.7. The highest BCUT2D eigenvalue weighted by atomic mass is 16.2. The molecule has 7 aromatic carbocycles. The van der Waals surface area contributed by atoms with Crippen LogP contribution in [0.1, 0.15) is 52.6 Å². The second-order valence-electron chi connectivity index (χ2n) is 15.2. The van der Waals surface area contributed by atoms with Gasteiger partial charge in [-0.2, -0.15) is 0 Å². The number of carbonyl (C=O) groups is 4. The first kappa shape index (κ1) is 33.8. The molecule has 0 bridgehead atoms. The minimum Gasteiger partial charge on any atom is -0.304 e. The van der Waals surface area contributed by atoms with Crippen LogP contribution in [0.25, 0.3) is 43.1 Å². The number of likely N-dealkylation sites (N-methyl/N-ethyl adjacent to an activating group) is 2. The number of amides is 4. The SMILES string of the molecule is CN(C)[C@H](Cc1ccccc1)CN1C(=O)c2ccc3c4ccc5c6c(ccc(c7ccc(c2c37)C1=O)c64)C(=O)N(C[C@@H](Cc1ccccc1)N(C)C)C5=O. The van der Waals surface area contributed by atoms with Gasteiger partial charge in [-0.3, -0.25) is 29.0 Å². The zero-order valence-corrected chi connectivity index (χ0v) is 30.8. The van der Waals surface area contributed by atoms with Gasteiger partial charge in [0.05, 0.1) is 0 Å². The van der Waals surface area contributed by atoms with Gasteiger partial charge in [0.15, 0.2) is 0 Å². The van der Waals surface area contributed by atoms with Gasteiger partial charge in [-0.05, 0) is 109 Å². The normalized spacial score (nSPS) is 15.6. The van der Waals surface area contributed by atoms with Gasteiger partial charge in [-0.1, -0.05) is 84.9 Å². The third kappa shape index (κ3) is 5.20. The van der Waals surface area contributed by atoms with Crippen LogP contribution in [0.2, 0.25) is 0 Å². The number of nitrogens with zero attached hydrogens (tertiary/aromatic N) is 4. The first-order valence-electron chi connectivity index (χ1n) is 18.5. The molecule has 0 aliphatic carbocycles. The van der Waals surface area contributed by atoms with Crippen molar-refractivity contribution in [1.82, 2.24) is 19.6 Å². The molecule has 7 aromatic rings. The fraction of sp³-hybridized carbons (Fsp3) is 0.217. The van der Waals surface area contributed by atoms with E-state index in [2.05, 4.69) is 34.1 Å². The summed E-state index contributed by atoms with van der Waals surface area (Å²) >= 11 is 0. The summed E-state index contributed by atoms with van der Waals surface area (Å²) in [5.74, 6) is -1.20. The van der Waals surface area contributed by atoms with Crippen molar-refractivity contribution in [2.24, 2.45) is 0 Å². The summed E-state index contributed by atoms with van der Waals surface area (Å²) in [6.45, 7) is 0.524. The minimum absolute atomic E-state index is 0.0693. The van der Waals surface area contributed by atoms with Crippen molar-refractivity contribution >= 4 is 66.7 Å².